The molecule has 0 aliphatic heterocycles. The van der Waals surface area contributed by atoms with Crippen molar-refractivity contribution in [3.05, 3.63) is 22.8 Å². The number of aromatic nitrogens is 1. The highest BCUT2D eigenvalue weighted by molar-refractivity contribution is 6.31. The van der Waals surface area contributed by atoms with Crippen LogP contribution in [0, 0.1) is 0 Å². The average molecular weight is 282 g/mol. The van der Waals surface area contributed by atoms with E-state index in [4.69, 9.17) is 11.6 Å². The van der Waals surface area contributed by atoms with E-state index in [1.807, 2.05) is 19.2 Å². The van der Waals surface area contributed by atoms with E-state index in [1.54, 1.807) is 0 Å². The van der Waals surface area contributed by atoms with Crippen molar-refractivity contribution in [2.45, 2.75) is 51.6 Å². The summed E-state index contributed by atoms with van der Waals surface area (Å²) in [6, 6.07) is 4.56. The fourth-order valence-corrected chi connectivity index (χ4v) is 3.04. The lowest BCUT2D eigenvalue weighted by atomic mass is 9.94. The molecule has 1 fully saturated rings. The molecule has 1 aliphatic rings. The molecule has 1 N–H and O–H groups in total. The van der Waals surface area contributed by atoms with Gasteiger partial charge in [0.05, 0.1) is 10.7 Å². The summed E-state index contributed by atoms with van der Waals surface area (Å²) in [5, 5.41) is 3.85. The number of nitrogens with zero attached hydrogens (tertiary/aromatic N) is 2. The van der Waals surface area contributed by atoms with E-state index in [2.05, 4.69) is 22.1 Å². The number of hydrogen-bond donors (Lipinski definition) is 1. The monoisotopic (exact) mass is 281 g/mol. The van der Waals surface area contributed by atoms with Gasteiger partial charge in [-0.05, 0) is 31.5 Å². The van der Waals surface area contributed by atoms with E-state index in [-0.39, 0.29) is 0 Å². The second-order valence-corrected chi connectivity index (χ2v) is 5.64. The summed E-state index contributed by atoms with van der Waals surface area (Å²) in [6.07, 6.45) is 6.74. The second-order valence-electron chi connectivity index (χ2n) is 5.23. The predicted molar refractivity (Wildman–Crippen MR) is 81.8 cm³/mol. The van der Waals surface area contributed by atoms with Crippen LogP contribution in [0.1, 0.15) is 44.7 Å². The lowest BCUT2D eigenvalue weighted by Crippen LogP contribution is -2.36. The van der Waals surface area contributed by atoms with Crippen LogP contribution in [0.4, 0.5) is 5.82 Å². The fraction of sp³-hybridized carbons (Fsp3) is 0.667. The van der Waals surface area contributed by atoms with Crippen molar-refractivity contribution < 1.29 is 0 Å². The first-order valence-electron chi connectivity index (χ1n) is 7.31. The van der Waals surface area contributed by atoms with Crippen LogP contribution in [-0.2, 0) is 6.54 Å². The molecule has 1 heterocycles. The Hall–Kier alpha value is -0.800. The van der Waals surface area contributed by atoms with Gasteiger partial charge in [0.15, 0.2) is 0 Å². The Morgan fingerprint density at radius 1 is 1.32 bits per heavy atom. The molecule has 0 amide bonds. The lowest BCUT2D eigenvalue weighted by molar-refractivity contribution is 0.154. The Bertz CT molecular complexity index is 402. The number of rotatable bonds is 5. The molecule has 106 valence electrons. The Morgan fingerprint density at radius 2 is 2.05 bits per heavy atom. The highest BCUT2D eigenvalue weighted by atomic mass is 35.5. The Kier molecular flexibility index (Phi) is 5.46. The molecular weight excluding hydrogens is 258 g/mol. The summed E-state index contributed by atoms with van der Waals surface area (Å²) >= 11 is 6.28. The number of anilines is 1. The van der Waals surface area contributed by atoms with Crippen LogP contribution in [0.2, 0.25) is 5.02 Å². The molecule has 0 atom stereocenters. The third-order valence-electron chi connectivity index (χ3n) is 4.02. The molecule has 19 heavy (non-hydrogen) atoms. The summed E-state index contributed by atoms with van der Waals surface area (Å²) in [4.78, 5) is 7.11. The Balaban J connectivity index is 2.08. The molecule has 0 unspecified atom stereocenters. The molecule has 3 nitrogen and oxygen atoms in total. The summed E-state index contributed by atoms with van der Waals surface area (Å²) in [7, 11) is 1.89. The second kappa shape index (κ2) is 7.11. The van der Waals surface area contributed by atoms with Crippen molar-refractivity contribution in [2.75, 3.05) is 18.9 Å². The minimum absolute atomic E-state index is 0.704. The molecule has 1 aromatic rings. The lowest BCUT2D eigenvalue weighted by Gasteiger charge is -2.33. The topological polar surface area (TPSA) is 28.2 Å². The van der Waals surface area contributed by atoms with E-state index in [0.717, 1.165) is 29.6 Å². The summed E-state index contributed by atoms with van der Waals surface area (Å²) in [5.41, 5.74) is 0.987. The summed E-state index contributed by atoms with van der Waals surface area (Å²) in [5.74, 6) is 0.888. The number of hydrogen-bond acceptors (Lipinski definition) is 3. The zero-order chi connectivity index (χ0) is 13.7. The molecule has 0 saturated heterocycles. The van der Waals surface area contributed by atoms with Crippen LogP contribution in [-0.4, -0.2) is 29.5 Å². The standard InChI is InChI=1S/C15H24ClN3/c1-3-19(12-7-5-4-6-8-12)11-14-13(16)9-10-15(17-2)18-14/h9-10,12H,3-8,11H2,1-2H3,(H,17,18). The van der Waals surface area contributed by atoms with E-state index < -0.39 is 0 Å². The van der Waals surface area contributed by atoms with Gasteiger partial charge in [-0.3, -0.25) is 4.90 Å². The molecular formula is C15H24ClN3. The van der Waals surface area contributed by atoms with Crippen molar-refractivity contribution >= 4 is 17.4 Å². The van der Waals surface area contributed by atoms with Gasteiger partial charge in [-0.25, -0.2) is 4.98 Å². The van der Waals surface area contributed by atoms with Gasteiger partial charge in [0.1, 0.15) is 5.82 Å². The maximum Gasteiger partial charge on any atom is 0.126 e. The van der Waals surface area contributed by atoms with E-state index in [0.29, 0.717) is 6.04 Å². The SMILES string of the molecule is CCN(Cc1nc(NC)ccc1Cl)C1CCCCC1. The Morgan fingerprint density at radius 3 is 2.68 bits per heavy atom. The van der Waals surface area contributed by atoms with E-state index in [1.165, 1.54) is 32.1 Å². The van der Waals surface area contributed by atoms with Gasteiger partial charge in [-0.2, -0.15) is 0 Å². The van der Waals surface area contributed by atoms with Gasteiger partial charge in [0, 0.05) is 19.6 Å². The van der Waals surface area contributed by atoms with Crippen molar-refractivity contribution in [1.82, 2.24) is 9.88 Å². The van der Waals surface area contributed by atoms with Gasteiger partial charge in [-0.1, -0.05) is 37.8 Å². The first kappa shape index (κ1) is 14.6. The highest BCUT2D eigenvalue weighted by Gasteiger charge is 2.21. The zero-order valence-electron chi connectivity index (χ0n) is 12.0. The quantitative estimate of drug-likeness (QED) is 0.886. The van der Waals surface area contributed by atoms with Gasteiger partial charge in [0.25, 0.3) is 0 Å². The maximum absolute atomic E-state index is 6.28. The summed E-state index contributed by atoms with van der Waals surface area (Å²) < 4.78 is 0. The molecule has 2 rings (SSSR count). The first-order chi connectivity index (χ1) is 9.24. The zero-order valence-corrected chi connectivity index (χ0v) is 12.7. The van der Waals surface area contributed by atoms with Crippen LogP contribution < -0.4 is 5.32 Å². The largest absolute Gasteiger partial charge is 0.373 e. The van der Waals surface area contributed by atoms with E-state index in [9.17, 15) is 0 Å². The summed E-state index contributed by atoms with van der Waals surface area (Å²) in [6.45, 7) is 4.15. The molecule has 1 aliphatic carbocycles. The molecule has 0 aromatic carbocycles. The molecule has 4 heteroatoms. The van der Waals surface area contributed by atoms with Crippen LogP contribution in [0.15, 0.2) is 12.1 Å². The molecule has 1 aromatic heterocycles. The van der Waals surface area contributed by atoms with Crippen LogP contribution in [0.25, 0.3) is 0 Å². The molecule has 0 radical (unpaired) electrons. The minimum Gasteiger partial charge on any atom is -0.373 e. The number of pyridine rings is 1. The number of nitrogens with one attached hydrogen (secondary N) is 1. The van der Waals surface area contributed by atoms with Gasteiger partial charge >= 0.3 is 0 Å². The molecule has 0 bridgehead atoms. The van der Waals surface area contributed by atoms with Crippen molar-refractivity contribution in [3.8, 4) is 0 Å². The van der Waals surface area contributed by atoms with Crippen molar-refractivity contribution in [1.29, 1.82) is 0 Å². The minimum atomic E-state index is 0.704. The molecule has 0 spiro atoms. The van der Waals surface area contributed by atoms with Crippen molar-refractivity contribution in [3.63, 3.8) is 0 Å². The van der Waals surface area contributed by atoms with Gasteiger partial charge in [0.2, 0.25) is 0 Å². The maximum atomic E-state index is 6.28. The van der Waals surface area contributed by atoms with Crippen LogP contribution in [0.3, 0.4) is 0 Å². The van der Waals surface area contributed by atoms with Crippen LogP contribution in [0.5, 0.6) is 0 Å². The number of halogens is 1. The van der Waals surface area contributed by atoms with Gasteiger partial charge in [-0.15, -0.1) is 0 Å². The first-order valence-corrected chi connectivity index (χ1v) is 7.69. The van der Waals surface area contributed by atoms with Crippen LogP contribution >= 0.6 is 11.6 Å². The molecule has 1 saturated carbocycles. The fourth-order valence-electron chi connectivity index (χ4n) is 2.87. The van der Waals surface area contributed by atoms with Gasteiger partial charge < -0.3 is 5.32 Å². The third kappa shape index (κ3) is 3.83. The Labute approximate surface area is 121 Å². The van der Waals surface area contributed by atoms with E-state index >= 15 is 0 Å². The highest BCUT2D eigenvalue weighted by Crippen LogP contribution is 2.25. The smallest absolute Gasteiger partial charge is 0.126 e. The average Bonchev–Trinajstić information content (AvgIpc) is 2.47. The predicted octanol–water partition coefficient (Wildman–Crippen LogP) is 3.93. The normalized spacial score (nSPS) is 16.8. The third-order valence-corrected chi connectivity index (χ3v) is 4.37. The van der Waals surface area contributed by atoms with Crippen molar-refractivity contribution in [2.24, 2.45) is 0 Å².